The molecule has 0 N–H and O–H groups in total. The van der Waals surface area contributed by atoms with Gasteiger partial charge in [0.25, 0.3) is 0 Å². The van der Waals surface area contributed by atoms with E-state index in [1.54, 1.807) is 0 Å². The van der Waals surface area contributed by atoms with Gasteiger partial charge in [0.1, 0.15) is 0 Å². The fourth-order valence-corrected chi connectivity index (χ4v) is 9.38. The Kier molecular flexibility index (Phi) is 7.70. The van der Waals surface area contributed by atoms with Crippen molar-refractivity contribution in [2.45, 2.75) is 0 Å². The summed E-state index contributed by atoms with van der Waals surface area (Å²) in [5.74, 6) is 1.87. The number of rotatable bonds is 6. The van der Waals surface area contributed by atoms with Crippen molar-refractivity contribution in [2.24, 2.45) is 0 Å². The van der Waals surface area contributed by atoms with Crippen molar-refractivity contribution in [1.82, 2.24) is 15.0 Å². The van der Waals surface area contributed by atoms with Gasteiger partial charge in [0, 0.05) is 36.9 Å². The van der Waals surface area contributed by atoms with Crippen LogP contribution in [0.25, 0.3) is 109 Å². The highest BCUT2D eigenvalue weighted by atomic mass is 32.1. The third-order valence-electron chi connectivity index (χ3n) is 10.9. The molecule has 2 heterocycles. The van der Waals surface area contributed by atoms with Crippen LogP contribution in [-0.4, -0.2) is 15.0 Å². The van der Waals surface area contributed by atoms with Gasteiger partial charge in [-0.15, -0.1) is 11.3 Å². The van der Waals surface area contributed by atoms with Crippen molar-refractivity contribution >= 4 is 53.1 Å². The zero-order chi connectivity index (χ0) is 37.9. The van der Waals surface area contributed by atoms with Crippen LogP contribution >= 0.6 is 11.3 Å². The molecule has 5 heteroatoms. The monoisotopic (exact) mass is 742 g/mol. The van der Waals surface area contributed by atoms with Crippen LogP contribution in [0.15, 0.2) is 182 Å². The zero-order valence-electron chi connectivity index (χ0n) is 30.5. The summed E-state index contributed by atoms with van der Waals surface area (Å²) in [5.41, 5.74) is 9.65. The fraction of sp³-hybridized carbons (Fsp3) is 0. The second kappa shape index (κ2) is 13.3. The highest BCUT2D eigenvalue weighted by Crippen LogP contribution is 2.47. The summed E-state index contributed by atoms with van der Waals surface area (Å²) in [6, 6.07) is 65.6. The summed E-state index contributed by atoms with van der Waals surface area (Å²) >= 11 is 1.84. The van der Waals surface area contributed by atoms with Crippen LogP contribution in [0, 0.1) is 11.3 Å². The first-order valence-corrected chi connectivity index (χ1v) is 19.7. The first-order valence-electron chi connectivity index (χ1n) is 18.9. The average Bonchev–Trinajstić information content (AvgIpc) is 3.68. The standard InChI is InChI=1S/C52H30N4S/c53-31-32-24-39(28-40(25-32)41-29-45-43-21-8-7-20-42(43)44-22-11-23-46-48(44)49(45)47(30-41)57-46)37-18-9-16-35(26-37)36-17-10-19-38(27-36)52-55-50(33-12-3-1-4-13-33)54-51(56-52)34-14-5-2-6-15-34/h1-30H. The van der Waals surface area contributed by atoms with Gasteiger partial charge in [-0.05, 0) is 103 Å². The quantitative estimate of drug-likeness (QED) is 0.159. The number of hydrogen-bond acceptors (Lipinski definition) is 5. The van der Waals surface area contributed by atoms with Gasteiger partial charge < -0.3 is 0 Å². The number of hydrogen-bond donors (Lipinski definition) is 0. The van der Waals surface area contributed by atoms with Crippen molar-refractivity contribution in [3.05, 3.63) is 188 Å². The topological polar surface area (TPSA) is 62.5 Å². The van der Waals surface area contributed by atoms with Crippen LogP contribution in [0.2, 0.25) is 0 Å². The summed E-state index contributed by atoms with van der Waals surface area (Å²) in [5, 5.41) is 18.0. The van der Waals surface area contributed by atoms with E-state index >= 15 is 0 Å². The summed E-state index contributed by atoms with van der Waals surface area (Å²) in [6.07, 6.45) is 0. The molecule has 0 spiro atoms. The molecule has 0 saturated carbocycles. The lowest BCUT2D eigenvalue weighted by molar-refractivity contribution is 1.07. The molecule has 2 aromatic heterocycles. The third-order valence-corrected chi connectivity index (χ3v) is 12.0. The Bertz CT molecular complexity index is 3300. The number of thiophene rings is 1. The van der Waals surface area contributed by atoms with Crippen molar-refractivity contribution in [1.29, 1.82) is 5.26 Å². The minimum absolute atomic E-state index is 0.612. The van der Waals surface area contributed by atoms with E-state index in [2.05, 4.69) is 115 Å². The summed E-state index contributed by atoms with van der Waals surface area (Å²) in [4.78, 5) is 14.8. The van der Waals surface area contributed by atoms with Crippen LogP contribution in [0.1, 0.15) is 5.56 Å². The molecule has 0 amide bonds. The first kappa shape index (κ1) is 32.9. The number of nitrogens with zero attached hydrogens (tertiary/aromatic N) is 4. The molecule has 0 aliphatic heterocycles. The van der Waals surface area contributed by atoms with Gasteiger partial charge >= 0.3 is 0 Å². The van der Waals surface area contributed by atoms with E-state index in [1.165, 1.54) is 41.7 Å². The van der Waals surface area contributed by atoms with Crippen LogP contribution in [0.5, 0.6) is 0 Å². The molecular formula is C52H30N4S. The molecule has 0 radical (unpaired) electrons. The molecule has 0 aliphatic rings. The van der Waals surface area contributed by atoms with E-state index in [9.17, 15) is 5.26 Å². The Morgan fingerprint density at radius 3 is 1.42 bits per heavy atom. The molecule has 0 unspecified atom stereocenters. The molecule has 0 bridgehead atoms. The average molecular weight is 743 g/mol. The maximum atomic E-state index is 10.3. The molecule has 57 heavy (non-hydrogen) atoms. The molecule has 9 aromatic carbocycles. The number of nitriles is 1. The van der Waals surface area contributed by atoms with E-state index in [0.717, 1.165) is 50.1 Å². The van der Waals surface area contributed by atoms with Crippen molar-refractivity contribution in [2.75, 3.05) is 0 Å². The van der Waals surface area contributed by atoms with Gasteiger partial charge in [-0.25, -0.2) is 15.0 Å². The highest BCUT2D eigenvalue weighted by Gasteiger charge is 2.18. The number of fused-ring (bicyclic) bond motifs is 3. The van der Waals surface area contributed by atoms with Gasteiger partial charge in [-0.3, -0.25) is 0 Å². The van der Waals surface area contributed by atoms with E-state index in [1.807, 2.05) is 84.1 Å². The van der Waals surface area contributed by atoms with Crippen molar-refractivity contribution < 1.29 is 0 Å². The molecule has 11 aromatic rings. The lowest BCUT2D eigenvalue weighted by Gasteiger charge is -2.13. The van der Waals surface area contributed by atoms with Crippen molar-refractivity contribution in [3.8, 4) is 73.6 Å². The molecule has 11 rings (SSSR count). The minimum Gasteiger partial charge on any atom is -0.208 e. The molecule has 264 valence electrons. The Balaban J connectivity index is 1.01. The molecule has 0 fully saturated rings. The zero-order valence-corrected chi connectivity index (χ0v) is 31.3. The molecule has 0 saturated heterocycles. The van der Waals surface area contributed by atoms with Crippen LogP contribution in [0.4, 0.5) is 0 Å². The molecule has 0 aliphatic carbocycles. The Hall–Kier alpha value is -7.52. The summed E-state index contributed by atoms with van der Waals surface area (Å²) < 4.78 is 2.56. The largest absolute Gasteiger partial charge is 0.208 e. The Labute approximate surface area is 333 Å². The van der Waals surface area contributed by atoms with E-state index in [0.29, 0.717) is 23.0 Å². The van der Waals surface area contributed by atoms with Crippen LogP contribution in [0.3, 0.4) is 0 Å². The Morgan fingerprint density at radius 2 is 0.772 bits per heavy atom. The Morgan fingerprint density at radius 1 is 0.333 bits per heavy atom. The highest BCUT2D eigenvalue weighted by molar-refractivity contribution is 7.26. The van der Waals surface area contributed by atoms with Crippen LogP contribution < -0.4 is 0 Å². The summed E-state index contributed by atoms with van der Waals surface area (Å²) in [7, 11) is 0. The van der Waals surface area contributed by atoms with E-state index in [-0.39, 0.29) is 0 Å². The number of benzene rings is 9. The first-order chi connectivity index (χ1) is 28.2. The lowest BCUT2D eigenvalue weighted by atomic mass is 9.90. The van der Waals surface area contributed by atoms with Crippen LogP contribution in [-0.2, 0) is 0 Å². The SMILES string of the molecule is N#Cc1cc(-c2cccc(-c3cccc(-c4nc(-c5ccccc5)nc(-c5ccccc5)n4)c3)c2)cc(-c2cc3sc4cccc5c6ccccc6c(c2)c3c45)c1. The fourth-order valence-electron chi connectivity index (χ4n) is 8.18. The van der Waals surface area contributed by atoms with Gasteiger partial charge in [0.2, 0.25) is 0 Å². The second-order valence-corrected chi connectivity index (χ2v) is 15.4. The maximum absolute atomic E-state index is 10.3. The van der Waals surface area contributed by atoms with Gasteiger partial charge in [0.05, 0.1) is 11.6 Å². The maximum Gasteiger partial charge on any atom is 0.164 e. The predicted molar refractivity (Wildman–Crippen MR) is 236 cm³/mol. The number of aromatic nitrogens is 3. The van der Waals surface area contributed by atoms with E-state index < -0.39 is 0 Å². The lowest BCUT2D eigenvalue weighted by Crippen LogP contribution is -2.00. The predicted octanol–water partition coefficient (Wildman–Crippen LogP) is 13.9. The van der Waals surface area contributed by atoms with Gasteiger partial charge in [-0.2, -0.15) is 5.26 Å². The normalized spacial score (nSPS) is 11.5. The van der Waals surface area contributed by atoms with Gasteiger partial charge in [0.15, 0.2) is 17.5 Å². The molecule has 0 atom stereocenters. The smallest absolute Gasteiger partial charge is 0.164 e. The van der Waals surface area contributed by atoms with Gasteiger partial charge in [-0.1, -0.05) is 133 Å². The summed E-state index contributed by atoms with van der Waals surface area (Å²) in [6.45, 7) is 0. The van der Waals surface area contributed by atoms with Crippen molar-refractivity contribution in [3.63, 3.8) is 0 Å². The second-order valence-electron chi connectivity index (χ2n) is 14.3. The third kappa shape index (κ3) is 5.71. The molecule has 4 nitrogen and oxygen atoms in total. The minimum atomic E-state index is 0.612. The molecular weight excluding hydrogens is 713 g/mol. The van der Waals surface area contributed by atoms with E-state index in [4.69, 9.17) is 15.0 Å².